The number of nitrogens with one attached hydrogen (secondary N) is 1. The molecule has 138 valence electrons. The van der Waals surface area contributed by atoms with Gasteiger partial charge in [0.15, 0.2) is 0 Å². The maximum atomic E-state index is 12.6. The molecule has 0 aliphatic carbocycles. The zero-order valence-electron chi connectivity index (χ0n) is 15.9. The number of nitrogens with zero attached hydrogens (tertiary/aromatic N) is 1. The standard InChI is InChI=1S/C23H24N2O2/c1-16(2)18-8-11-21(12-9-18)24-23(27)20-10-13-22(26)25(15-20)14-19-7-5-4-6-17(19)3/h4-13,15-16H,14H2,1-3H3,(H,24,27). The van der Waals surface area contributed by atoms with Crippen LogP contribution in [0, 0.1) is 6.92 Å². The summed E-state index contributed by atoms with van der Waals surface area (Å²) in [5.41, 5.74) is 4.46. The highest BCUT2D eigenvalue weighted by Crippen LogP contribution is 2.17. The van der Waals surface area contributed by atoms with Crippen LogP contribution in [0.25, 0.3) is 0 Å². The van der Waals surface area contributed by atoms with E-state index in [1.807, 2.05) is 55.5 Å². The number of hydrogen-bond acceptors (Lipinski definition) is 2. The van der Waals surface area contributed by atoms with Crippen LogP contribution in [0.4, 0.5) is 5.69 Å². The third-order valence-electron chi connectivity index (χ3n) is 4.68. The van der Waals surface area contributed by atoms with Crippen LogP contribution < -0.4 is 10.9 Å². The van der Waals surface area contributed by atoms with Gasteiger partial charge in [-0.15, -0.1) is 0 Å². The molecule has 27 heavy (non-hydrogen) atoms. The van der Waals surface area contributed by atoms with Gasteiger partial charge in [-0.1, -0.05) is 50.2 Å². The molecule has 0 saturated carbocycles. The van der Waals surface area contributed by atoms with E-state index in [4.69, 9.17) is 0 Å². The Morgan fingerprint density at radius 1 is 1.00 bits per heavy atom. The predicted octanol–water partition coefficient (Wildman–Crippen LogP) is 4.58. The van der Waals surface area contributed by atoms with Crippen molar-refractivity contribution in [3.63, 3.8) is 0 Å². The molecule has 1 aromatic heterocycles. The number of amides is 1. The van der Waals surface area contributed by atoms with Crippen LogP contribution >= 0.6 is 0 Å². The molecule has 1 N–H and O–H groups in total. The average Bonchev–Trinajstić information content (AvgIpc) is 2.65. The molecule has 0 aliphatic rings. The Kier molecular flexibility index (Phi) is 5.55. The average molecular weight is 360 g/mol. The molecule has 0 unspecified atom stereocenters. The molecule has 3 aromatic rings. The molecule has 0 radical (unpaired) electrons. The minimum Gasteiger partial charge on any atom is -0.322 e. The van der Waals surface area contributed by atoms with Gasteiger partial charge in [0.25, 0.3) is 11.5 Å². The quantitative estimate of drug-likeness (QED) is 0.724. The summed E-state index contributed by atoms with van der Waals surface area (Å²) < 4.78 is 1.57. The van der Waals surface area contributed by atoms with E-state index in [9.17, 15) is 9.59 Å². The summed E-state index contributed by atoms with van der Waals surface area (Å²) in [4.78, 5) is 24.8. The first-order valence-electron chi connectivity index (χ1n) is 9.10. The van der Waals surface area contributed by atoms with Gasteiger partial charge in [0.2, 0.25) is 0 Å². The lowest BCUT2D eigenvalue weighted by molar-refractivity contribution is 0.102. The fourth-order valence-electron chi connectivity index (χ4n) is 2.91. The molecule has 1 amide bonds. The fourth-order valence-corrected chi connectivity index (χ4v) is 2.91. The van der Waals surface area contributed by atoms with Crippen molar-refractivity contribution in [2.24, 2.45) is 0 Å². The number of aromatic nitrogens is 1. The first kappa shape index (κ1) is 18.6. The normalized spacial score (nSPS) is 10.8. The molecule has 0 atom stereocenters. The molecule has 3 rings (SSSR count). The van der Waals surface area contributed by atoms with Crippen molar-refractivity contribution in [3.8, 4) is 0 Å². The monoisotopic (exact) mass is 360 g/mol. The Morgan fingerprint density at radius 3 is 2.37 bits per heavy atom. The zero-order chi connectivity index (χ0) is 19.4. The Morgan fingerprint density at radius 2 is 1.70 bits per heavy atom. The van der Waals surface area contributed by atoms with E-state index in [2.05, 4.69) is 19.2 Å². The van der Waals surface area contributed by atoms with Crippen LogP contribution in [-0.2, 0) is 6.54 Å². The Balaban J connectivity index is 1.79. The summed E-state index contributed by atoms with van der Waals surface area (Å²) in [5.74, 6) is 0.214. The molecule has 0 fully saturated rings. The smallest absolute Gasteiger partial charge is 0.257 e. The highest BCUT2D eigenvalue weighted by Gasteiger charge is 2.09. The second kappa shape index (κ2) is 8.04. The highest BCUT2D eigenvalue weighted by atomic mass is 16.2. The van der Waals surface area contributed by atoms with Gasteiger partial charge in [0.05, 0.1) is 12.1 Å². The largest absolute Gasteiger partial charge is 0.322 e. The van der Waals surface area contributed by atoms with Gasteiger partial charge >= 0.3 is 0 Å². The minimum atomic E-state index is -0.231. The van der Waals surface area contributed by atoms with Crippen molar-refractivity contribution >= 4 is 11.6 Å². The summed E-state index contributed by atoms with van der Waals surface area (Å²) in [7, 11) is 0. The van der Waals surface area contributed by atoms with Gasteiger partial charge in [-0.3, -0.25) is 9.59 Å². The van der Waals surface area contributed by atoms with Crippen LogP contribution in [-0.4, -0.2) is 10.5 Å². The van der Waals surface area contributed by atoms with Crippen LogP contribution in [0.1, 0.15) is 46.8 Å². The lowest BCUT2D eigenvalue weighted by Gasteiger charge is -2.11. The lowest BCUT2D eigenvalue weighted by Crippen LogP contribution is -2.22. The van der Waals surface area contributed by atoms with Crippen molar-refractivity contribution in [3.05, 3.63) is 99.5 Å². The predicted molar refractivity (Wildman–Crippen MR) is 109 cm³/mol. The summed E-state index contributed by atoms with van der Waals surface area (Å²) in [6, 6.07) is 18.7. The van der Waals surface area contributed by atoms with Gasteiger partial charge in [-0.25, -0.2) is 0 Å². The number of rotatable bonds is 5. The molecular formula is C23H24N2O2. The Hall–Kier alpha value is -3.14. The first-order valence-corrected chi connectivity index (χ1v) is 9.10. The minimum absolute atomic E-state index is 0.129. The van der Waals surface area contributed by atoms with Crippen molar-refractivity contribution in [1.82, 2.24) is 4.57 Å². The van der Waals surface area contributed by atoms with Crippen molar-refractivity contribution in [1.29, 1.82) is 0 Å². The molecular weight excluding hydrogens is 336 g/mol. The number of hydrogen-bond donors (Lipinski definition) is 1. The number of pyridine rings is 1. The van der Waals surface area contributed by atoms with Crippen molar-refractivity contribution in [2.75, 3.05) is 5.32 Å². The van der Waals surface area contributed by atoms with Gasteiger partial charge in [-0.05, 0) is 47.7 Å². The van der Waals surface area contributed by atoms with E-state index < -0.39 is 0 Å². The fraction of sp³-hybridized carbons (Fsp3) is 0.217. The maximum Gasteiger partial charge on any atom is 0.257 e. The van der Waals surface area contributed by atoms with Crippen molar-refractivity contribution in [2.45, 2.75) is 33.2 Å². The van der Waals surface area contributed by atoms with E-state index >= 15 is 0 Å². The second-order valence-corrected chi connectivity index (χ2v) is 7.04. The summed E-state index contributed by atoms with van der Waals surface area (Å²) >= 11 is 0. The Labute approximate surface area is 159 Å². The third-order valence-corrected chi connectivity index (χ3v) is 4.68. The molecule has 2 aromatic carbocycles. The van der Waals surface area contributed by atoms with E-state index in [0.29, 0.717) is 18.0 Å². The van der Waals surface area contributed by atoms with Crippen LogP contribution in [0.3, 0.4) is 0 Å². The second-order valence-electron chi connectivity index (χ2n) is 7.04. The number of carbonyl (C=O) groups is 1. The summed E-state index contributed by atoms with van der Waals surface area (Å²) in [6.45, 7) is 6.71. The highest BCUT2D eigenvalue weighted by molar-refractivity contribution is 6.04. The van der Waals surface area contributed by atoms with E-state index in [-0.39, 0.29) is 11.5 Å². The first-order chi connectivity index (χ1) is 12.9. The molecule has 0 saturated heterocycles. The third kappa shape index (κ3) is 4.53. The topological polar surface area (TPSA) is 51.1 Å². The number of aryl methyl sites for hydroxylation is 1. The molecule has 0 aliphatic heterocycles. The van der Waals surface area contributed by atoms with Crippen molar-refractivity contribution < 1.29 is 4.79 Å². The van der Waals surface area contributed by atoms with E-state index in [1.54, 1.807) is 16.8 Å². The molecule has 0 bridgehead atoms. The lowest BCUT2D eigenvalue weighted by atomic mass is 10.0. The summed E-state index contributed by atoms with van der Waals surface area (Å²) in [6.07, 6.45) is 1.62. The number of carbonyl (C=O) groups excluding carboxylic acids is 1. The van der Waals surface area contributed by atoms with Gasteiger partial charge in [0.1, 0.15) is 0 Å². The summed E-state index contributed by atoms with van der Waals surface area (Å²) in [5, 5.41) is 2.89. The van der Waals surface area contributed by atoms with Crippen LogP contribution in [0.15, 0.2) is 71.7 Å². The zero-order valence-corrected chi connectivity index (χ0v) is 15.9. The van der Waals surface area contributed by atoms with Gasteiger partial charge in [-0.2, -0.15) is 0 Å². The SMILES string of the molecule is Cc1ccccc1Cn1cc(C(=O)Nc2ccc(C(C)C)cc2)ccc1=O. The number of anilines is 1. The molecule has 4 nitrogen and oxygen atoms in total. The molecule has 0 spiro atoms. The van der Waals surface area contributed by atoms with Gasteiger partial charge in [0, 0.05) is 18.0 Å². The van der Waals surface area contributed by atoms with E-state index in [0.717, 1.165) is 16.8 Å². The van der Waals surface area contributed by atoms with Gasteiger partial charge < -0.3 is 9.88 Å². The Bertz CT molecular complexity index is 1000. The van der Waals surface area contributed by atoms with Crippen LogP contribution in [0.2, 0.25) is 0 Å². The molecule has 1 heterocycles. The maximum absolute atomic E-state index is 12.6. The molecule has 4 heteroatoms. The van der Waals surface area contributed by atoms with Crippen LogP contribution in [0.5, 0.6) is 0 Å². The number of benzene rings is 2. The van der Waals surface area contributed by atoms with E-state index in [1.165, 1.54) is 11.6 Å².